The number of aryl methyl sites for hydroxylation is 1. The lowest BCUT2D eigenvalue weighted by Crippen LogP contribution is -2.18. The van der Waals surface area contributed by atoms with E-state index in [-0.39, 0.29) is 116 Å². The summed E-state index contributed by atoms with van der Waals surface area (Å²) in [4.78, 5) is 93.1. The van der Waals surface area contributed by atoms with E-state index in [9.17, 15) is 67.2 Å². The van der Waals surface area contributed by atoms with Gasteiger partial charge >= 0.3 is 0 Å². The lowest BCUT2D eigenvalue weighted by molar-refractivity contribution is -0.117. The summed E-state index contributed by atoms with van der Waals surface area (Å²) < 4.78 is 137. The number of hydrogen-bond donors (Lipinski definition) is 12. The Bertz CT molecular complexity index is 7860. The first-order valence-electron chi connectivity index (χ1n) is 45.3. The Kier molecular flexibility index (Phi) is 35.0. The molecule has 774 valence electrons. The number of thiophene rings is 4. The summed E-state index contributed by atoms with van der Waals surface area (Å²) in [5, 5.41) is 26.8. The molecule has 0 aliphatic heterocycles. The average Bonchev–Trinajstić information content (AvgIpc) is 1.55. The highest BCUT2D eigenvalue weighted by molar-refractivity contribution is 7.92. The van der Waals surface area contributed by atoms with Gasteiger partial charge < -0.3 is 66.2 Å². The van der Waals surface area contributed by atoms with E-state index < -0.39 is 46.0 Å². The first-order valence-corrected chi connectivity index (χ1v) is 56.1. The van der Waals surface area contributed by atoms with Gasteiger partial charge in [-0.2, -0.15) is 0 Å². The highest BCUT2D eigenvalue weighted by atomic mass is 32.2. The molecule has 0 bridgehead atoms. The zero-order valence-electron chi connectivity index (χ0n) is 84.4. The van der Waals surface area contributed by atoms with E-state index in [1.807, 2.05) is 176 Å². The molecule has 14 aromatic rings. The summed E-state index contributed by atoms with van der Waals surface area (Å²) >= 11 is 5.25. The molecule has 0 spiro atoms. The fourth-order valence-corrected chi connectivity index (χ4v) is 21.2. The van der Waals surface area contributed by atoms with Crippen LogP contribution in [-0.4, -0.2) is 143 Å². The van der Waals surface area contributed by atoms with Crippen LogP contribution in [0.5, 0.6) is 28.7 Å². The van der Waals surface area contributed by atoms with Crippen LogP contribution in [0.1, 0.15) is 191 Å². The molecule has 4 aromatic heterocycles. The minimum atomic E-state index is -3.61. The molecule has 1 saturated carbocycles. The summed E-state index contributed by atoms with van der Waals surface area (Å²) in [6, 6.07) is 57.6. The second-order valence-electron chi connectivity index (χ2n) is 38.5. The Hall–Kier alpha value is -13.9. The number of methoxy groups -OCH3 is 5. The standard InChI is InChI=1S/C29H31N3O6S2.C29H31N3O5S2.C25H29N3O5S2.C22H27N3O4S2.CH4/c1-29(2,3)17-14-21(26(38-5)22(15-17)32-40(6,35)36)31-28(34)25-16-19-20(11-9-13-24(19)39-25)30-27(33)18-10-7-8-12-23(18)37-4;1-17-10-12-18(13-11-17)27(33)30-21-8-7-9-24-20(21)16-25(38-24)28(34)31-22-14-19(29(2,3)4)15-23(26(22)37-5)32-39(6,35)36;1-25(2,3)15-11-18(22(33-4)19(12-15)28-35(5,31)32)27-24(30)21-13-16-17(7-6-8-20(16)34-21)26-23(29)14-9-10-14;1-22(2,3)13-10-16(20(29-5)17(11-13)25-31(6,27)28)24-21(26)19-12-14-15(23-4)8-7-9-18(14)30-19;/h7-16,32H,1-6H3,(H,30,33)(H,31,34);7-16,32H,1-6H3,(H,30,33)(H,31,34);6-8,11-14,28H,9-10H2,1-5H3,(H,26,29)(H,27,30);7-12,23,25H,1-6H3,(H,24,26);1H4. The van der Waals surface area contributed by atoms with Crippen molar-refractivity contribution in [1.82, 2.24) is 0 Å². The maximum absolute atomic E-state index is 13.4. The predicted molar refractivity (Wildman–Crippen MR) is 597 cm³/mol. The molecule has 40 heteroatoms. The van der Waals surface area contributed by atoms with E-state index in [0.717, 1.165) is 106 Å². The predicted octanol–water partition coefficient (Wildman–Crippen LogP) is 23.2. The van der Waals surface area contributed by atoms with E-state index in [1.165, 1.54) is 80.9 Å². The molecule has 1 aliphatic rings. The first kappa shape index (κ1) is 112. The molecule has 12 N–H and O–H groups in total. The number of para-hydroxylation sites is 1. The van der Waals surface area contributed by atoms with E-state index in [0.29, 0.717) is 81.6 Å². The van der Waals surface area contributed by atoms with Gasteiger partial charge in [-0.05, 0) is 209 Å². The maximum atomic E-state index is 13.4. The number of amides is 7. The topological polar surface area (TPSA) is 447 Å². The number of carbonyl (C=O) groups is 7. The van der Waals surface area contributed by atoms with Gasteiger partial charge in [0.05, 0.1) is 131 Å². The van der Waals surface area contributed by atoms with Crippen LogP contribution in [0.15, 0.2) is 194 Å². The lowest BCUT2D eigenvalue weighted by atomic mass is 9.86. The third-order valence-corrected chi connectivity index (χ3v) is 29.3. The zero-order valence-corrected chi connectivity index (χ0v) is 90.9. The molecular formula is C106H122N12O20S8. The summed E-state index contributed by atoms with van der Waals surface area (Å²) in [7, 11) is -5.31. The summed E-state index contributed by atoms with van der Waals surface area (Å²) in [5.74, 6) is -0.628. The molecular weight excluding hydrogens is 2020 g/mol. The van der Waals surface area contributed by atoms with Gasteiger partial charge in [-0.25, -0.2) is 33.7 Å². The van der Waals surface area contributed by atoms with E-state index in [4.69, 9.17) is 23.7 Å². The summed E-state index contributed by atoms with van der Waals surface area (Å²) in [5.41, 5.74) is 9.19. The Morgan fingerprint density at radius 3 is 0.829 bits per heavy atom. The molecule has 32 nitrogen and oxygen atoms in total. The number of rotatable bonds is 28. The van der Waals surface area contributed by atoms with Gasteiger partial charge in [0, 0.05) is 81.6 Å². The summed E-state index contributed by atoms with van der Waals surface area (Å²) in [6.07, 6.45) is 6.06. The highest BCUT2D eigenvalue weighted by Gasteiger charge is 2.33. The molecule has 0 unspecified atom stereocenters. The van der Waals surface area contributed by atoms with Crippen molar-refractivity contribution in [1.29, 1.82) is 0 Å². The minimum absolute atomic E-state index is 0. The normalized spacial score (nSPS) is 12.2. The maximum Gasteiger partial charge on any atom is 0.265 e. The first-order chi connectivity index (χ1) is 67.8. The number of anilines is 12. The van der Waals surface area contributed by atoms with Crippen LogP contribution in [0.2, 0.25) is 0 Å². The molecule has 4 heterocycles. The molecule has 0 atom stereocenters. The van der Waals surface area contributed by atoms with Gasteiger partial charge in [-0.15, -0.1) is 45.3 Å². The van der Waals surface area contributed by atoms with E-state index in [2.05, 4.69) is 61.4 Å². The van der Waals surface area contributed by atoms with Crippen molar-refractivity contribution in [2.24, 2.45) is 5.92 Å². The van der Waals surface area contributed by atoms with Gasteiger partial charge in [0.15, 0.2) is 23.0 Å². The van der Waals surface area contributed by atoms with Crippen LogP contribution in [0.3, 0.4) is 0 Å². The third-order valence-electron chi connectivity index (χ3n) is 22.6. The van der Waals surface area contributed by atoms with Crippen LogP contribution >= 0.6 is 45.3 Å². The second-order valence-corrected chi connectivity index (χ2v) is 49.9. The minimum Gasteiger partial charge on any atom is -0.496 e. The monoisotopic (exact) mass is 2140 g/mol. The molecule has 1 fully saturated rings. The molecule has 10 aromatic carbocycles. The molecule has 1 aliphatic carbocycles. The Morgan fingerprint density at radius 1 is 0.301 bits per heavy atom. The fraction of sp³-hybridized carbons (Fsp3) is 0.292. The van der Waals surface area contributed by atoms with Crippen LogP contribution in [-0.2, 0) is 66.5 Å². The van der Waals surface area contributed by atoms with Crippen molar-refractivity contribution >= 4 is 235 Å². The Balaban J connectivity index is 0.000000186. The number of ether oxygens (including phenoxy) is 5. The smallest absolute Gasteiger partial charge is 0.265 e. The lowest BCUT2D eigenvalue weighted by Gasteiger charge is -2.23. The zero-order chi connectivity index (χ0) is 106. The second kappa shape index (κ2) is 45.4. The third kappa shape index (κ3) is 28.9. The van der Waals surface area contributed by atoms with Gasteiger partial charge in [-0.1, -0.05) is 145 Å². The van der Waals surface area contributed by atoms with Crippen molar-refractivity contribution in [2.75, 3.05) is 129 Å². The van der Waals surface area contributed by atoms with E-state index >= 15 is 0 Å². The Morgan fingerprint density at radius 2 is 0.562 bits per heavy atom. The average molecular weight is 2140 g/mol. The molecule has 15 rings (SSSR count). The van der Waals surface area contributed by atoms with Crippen molar-refractivity contribution in [3.8, 4) is 28.7 Å². The van der Waals surface area contributed by atoms with Gasteiger partial charge in [0.2, 0.25) is 46.0 Å². The van der Waals surface area contributed by atoms with Crippen molar-refractivity contribution < 1.29 is 90.9 Å². The SMILES string of the molecule is C.CNc1cccc2sc(C(=O)Nc3cc(C(C)(C)C)cc(NS(C)(=O)=O)c3OC)cc12.COc1c(NC(=O)c2cc3c(NC(=O)C4CC4)cccc3s2)cc(C(C)(C)C)cc1NS(C)(=O)=O.COc1c(NC(=O)c2cc3c(NC(=O)c4ccc(C)cc4)cccc3s2)cc(C(C)(C)C)cc1NS(C)(=O)=O.COc1ccccc1C(=O)Nc1cccc2sc(C(=O)Nc3cc(C(C)(C)C)cc(NS(C)(=O)=O)c3OC)cc12. The quantitative estimate of drug-likeness (QED) is 0.0217. The fourth-order valence-electron chi connectivity index (χ4n) is 15.1. The molecule has 0 radical (unpaired) electrons. The Labute approximate surface area is 867 Å². The number of carbonyl (C=O) groups excluding carboxylic acids is 7. The van der Waals surface area contributed by atoms with Crippen LogP contribution in [0, 0.1) is 12.8 Å². The van der Waals surface area contributed by atoms with Gasteiger partial charge in [0.1, 0.15) is 5.75 Å². The molecule has 7 amide bonds. The van der Waals surface area contributed by atoms with Crippen LogP contribution in [0.25, 0.3) is 40.3 Å². The van der Waals surface area contributed by atoms with Crippen LogP contribution < -0.4 is 85.1 Å². The van der Waals surface area contributed by atoms with Gasteiger partial charge in [-0.3, -0.25) is 52.5 Å². The number of nitrogens with one attached hydrogen (secondary N) is 12. The van der Waals surface area contributed by atoms with Crippen molar-refractivity contribution in [3.05, 3.63) is 253 Å². The highest BCUT2D eigenvalue weighted by Crippen LogP contribution is 2.47. The number of fused-ring (bicyclic) bond motifs is 4. The largest absolute Gasteiger partial charge is 0.496 e. The number of hydrogen-bond acceptors (Lipinski definition) is 25. The number of sulfonamides is 4. The van der Waals surface area contributed by atoms with Crippen LogP contribution in [0.4, 0.5) is 68.2 Å². The van der Waals surface area contributed by atoms with Crippen molar-refractivity contribution in [2.45, 2.75) is 132 Å². The molecule has 146 heavy (non-hydrogen) atoms. The van der Waals surface area contributed by atoms with E-state index in [1.54, 1.807) is 115 Å². The molecule has 0 saturated heterocycles. The summed E-state index contributed by atoms with van der Waals surface area (Å²) in [6.45, 7) is 25.9. The van der Waals surface area contributed by atoms with Crippen molar-refractivity contribution in [3.63, 3.8) is 0 Å². The number of benzene rings is 10. The van der Waals surface area contributed by atoms with Gasteiger partial charge in [0.25, 0.3) is 35.4 Å².